The third kappa shape index (κ3) is 5.17. The summed E-state index contributed by atoms with van der Waals surface area (Å²) in [5.74, 6) is 0.358. The molecular formula is C17H27N4O3S+. The first-order chi connectivity index (χ1) is 12.2. The third-order valence-corrected chi connectivity index (χ3v) is 5.17. The van der Waals surface area contributed by atoms with Gasteiger partial charge in [0, 0.05) is 39.1 Å². The Kier molecular flexibility index (Phi) is 6.66. The maximum Gasteiger partial charge on any atom is 0.289 e. The van der Waals surface area contributed by atoms with E-state index in [9.17, 15) is 4.79 Å². The van der Waals surface area contributed by atoms with Crippen LogP contribution in [0.4, 0.5) is 0 Å². The van der Waals surface area contributed by atoms with Crippen molar-refractivity contribution in [1.82, 2.24) is 15.1 Å². The van der Waals surface area contributed by atoms with E-state index in [-0.39, 0.29) is 5.91 Å². The molecule has 8 heteroatoms. The van der Waals surface area contributed by atoms with Gasteiger partial charge >= 0.3 is 0 Å². The van der Waals surface area contributed by atoms with Gasteiger partial charge in [0.2, 0.25) is 0 Å². The Hall–Kier alpha value is -1.64. The van der Waals surface area contributed by atoms with Gasteiger partial charge in [0.1, 0.15) is 13.1 Å². The van der Waals surface area contributed by atoms with Gasteiger partial charge in [0.15, 0.2) is 10.9 Å². The van der Waals surface area contributed by atoms with Crippen molar-refractivity contribution in [2.24, 2.45) is 0 Å². The fourth-order valence-corrected chi connectivity index (χ4v) is 3.51. The summed E-state index contributed by atoms with van der Waals surface area (Å²) in [6.07, 6.45) is 2.63. The van der Waals surface area contributed by atoms with Crippen LogP contribution in [0, 0.1) is 0 Å². The molecule has 2 aliphatic rings. The normalized spacial score (nSPS) is 19.0. The van der Waals surface area contributed by atoms with Crippen molar-refractivity contribution >= 4 is 23.2 Å². The van der Waals surface area contributed by atoms with E-state index in [2.05, 4.69) is 10.2 Å². The summed E-state index contributed by atoms with van der Waals surface area (Å²) in [4.78, 5) is 17.8. The first-order valence-corrected chi connectivity index (χ1v) is 9.42. The molecule has 0 bridgehead atoms. The lowest BCUT2D eigenvalue weighted by molar-refractivity contribution is -0.908. The summed E-state index contributed by atoms with van der Waals surface area (Å²) in [7, 11) is 0. The number of nitrogens with zero attached hydrogens (tertiary/aromatic N) is 2. The minimum Gasteiger partial charge on any atom is -0.459 e. The van der Waals surface area contributed by atoms with Crippen LogP contribution in [0.15, 0.2) is 22.8 Å². The molecule has 1 aromatic heterocycles. The van der Waals surface area contributed by atoms with Gasteiger partial charge in [-0.2, -0.15) is 0 Å². The largest absolute Gasteiger partial charge is 0.459 e. The molecule has 1 amide bonds. The molecule has 0 atom stereocenters. The molecule has 3 rings (SSSR count). The number of hydrogen-bond donors (Lipinski definition) is 2. The van der Waals surface area contributed by atoms with E-state index in [1.807, 2.05) is 4.90 Å². The number of piperazine rings is 1. The minimum absolute atomic E-state index is 0.0444. The number of quaternary nitrogens is 1. The Morgan fingerprint density at radius 2 is 1.92 bits per heavy atom. The molecule has 0 spiro atoms. The standard InChI is InChI=1S/C17H26N4O3S/c22-16(15-3-1-12-24-15)20-6-8-21(9-7-20)17(25)18-4-2-5-19-10-13-23-14-11-19/h1,3,12H,2,4-11,13-14H2,(H,18,25)/p+1. The van der Waals surface area contributed by atoms with Crippen molar-refractivity contribution in [1.29, 1.82) is 0 Å². The third-order valence-electron chi connectivity index (χ3n) is 4.77. The van der Waals surface area contributed by atoms with E-state index in [0.717, 1.165) is 64.0 Å². The van der Waals surface area contributed by atoms with Gasteiger partial charge in [0.05, 0.1) is 26.0 Å². The van der Waals surface area contributed by atoms with Crippen LogP contribution in [0.3, 0.4) is 0 Å². The SMILES string of the molecule is O=C(c1ccco1)N1CCN(C(=S)NCCC[NH+]2CCOCC2)CC1. The second-order valence-corrected chi connectivity index (χ2v) is 6.84. The molecule has 2 fully saturated rings. The number of ether oxygens (including phenoxy) is 1. The van der Waals surface area contributed by atoms with Crippen molar-refractivity contribution in [3.8, 4) is 0 Å². The second kappa shape index (κ2) is 9.17. The van der Waals surface area contributed by atoms with Crippen LogP contribution in [0.25, 0.3) is 0 Å². The van der Waals surface area contributed by atoms with Crippen molar-refractivity contribution in [3.05, 3.63) is 24.2 Å². The van der Waals surface area contributed by atoms with Gasteiger partial charge in [-0.25, -0.2) is 0 Å². The summed E-state index contributed by atoms with van der Waals surface area (Å²) in [5.41, 5.74) is 0. The lowest BCUT2D eigenvalue weighted by Gasteiger charge is -2.35. The molecule has 0 saturated carbocycles. The molecule has 0 radical (unpaired) electrons. The van der Waals surface area contributed by atoms with Crippen molar-refractivity contribution in [3.63, 3.8) is 0 Å². The minimum atomic E-state index is -0.0444. The molecule has 0 aromatic carbocycles. The topological polar surface area (TPSA) is 62.4 Å². The molecule has 0 unspecified atom stereocenters. The number of carbonyl (C=O) groups excluding carboxylic acids is 1. The summed E-state index contributed by atoms with van der Waals surface area (Å²) < 4.78 is 10.6. The fraction of sp³-hybridized carbons (Fsp3) is 0.647. The van der Waals surface area contributed by atoms with Gasteiger partial charge in [-0.1, -0.05) is 0 Å². The van der Waals surface area contributed by atoms with Gasteiger partial charge < -0.3 is 29.2 Å². The number of nitrogens with one attached hydrogen (secondary N) is 2. The molecule has 0 aliphatic carbocycles. The molecule has 25 heavy (non-hydrogen) atoms. The zero-order chi connectivity index (χ0) is 17.5. The van der Waals surface area contributed by atoms with Crippen LogP contribution >= 0.6 is 12.2 Å². The Balaban J connectivity index is 1.32. The Morgan fingerprint density at radius 1 is 1.20 bits per heavy atom. The number of hydrogen-bond acceptors (Lipinski definition) is 4. The number of thiocarbonyl (C=S) groups is 1. The molecule has 7 nitrogen and oxygen atoms in total. The van der Waals surface area contributed by atoms with E-state index >= 15 is 0 Å². The molecule has 2 saturated heterocycles. The van der Waals surface area contributed by atoms with Crippen LogP contribution in [0.5, 0.6) is 0 Å². The van der Waals surface area contributed by atoms with Crippen LogP contribution in [0.2, 0.25) is 0 Å². The van der Waals surface area contributed by atoms with Gasteiger partial charge in [0.25, 0.3) is 5.91 Å². The number of amides is 1. The van der Waals surface area contributed by atoms with Crippen molar-refractivity contribution < 1.29 is 18.8 Å². The monoisotopic (exact) mass is 367 g/mol. The predicted octanol–water partition coefficient (Wildman–Crippen LogP) is -0.783. The first-order valence-electron chi connectivity index (χ1n) is 9.01. The van der Waals surface area contributed by atoms with Gasteiger partial charge in [-0.05, 0) is 24.4 Å². The van der Waals surface area contributed by atoms with E-state index in [1.54, 1.807) is 17.0 Å². The van der Waals surface area contributed by atoms with Crippen LogP contribution in [0.1, 0.15) is 17.0 Å². The lowest BCUT2D eigenvalue weighted by atomic mass is 10.3. The Labute approximate surface area is 153 Å². The van der Waals surface area contributed by atoms with Crippen molar-refractivity contribution in [2.75, 3.05) is 65.6 Å². The smallest absolute Gasteiger partial charge is 0.289 e. The fourth-order valence-electron chi connectivity index (χ4n) is 3.22. The van der Waals surface area contributed by atoms with Crippen LogP contribution < -0.4 is 10.2 Å². The summed E-state index contributed by atoms with van der Waals surface area (Å²) >= 11 is 5.49. The van der Waals surface area contributed by atoms with Crippen molar-refractivity contribution in [2.45, 2.75) is 6.42 Å². The molecule has 1 aromatic rings. The highest BCUT2D eigenvalue weighted by atomic mass is 32.1. The summed E-state index contributed by atoms with van der Waals surface area (Å²) in [5, 5.41) is 4.15. The highest BCUT2D eigenvalue weighted by molar-refractivity contribution is 7.80. The number of morpholine rings is 1. The predicted molar refractivity (Wildman–Crippen MR) is 97.8 cm³/mol. The molecule has 3 heterocycles. The van der Waals surface area contributed by atoms with E-state index in [0.29, 0.717) is 18.8 Å². The van der Waals surface area contributed by atoms with E-state index < -0.39 is 0 Å². The Morgan fingerprint density at radius 3 is 2.60 bits per heavy atom. The number of rotatable bonds is 5. The van der Waals surface area contributed by atoms with Crippen LogP contribution in [-0.2, 0) is 4.74 Å². The highest BCUT2D eigenvalue weighted by Crippen LogP contribution is 2.09. The number of furan rings is 1. The molecule has 2 N–H and O–H groups in total. The maximum absolute atomic E-state index is 12.3. The van der Waals surface area contributed by atoms with Crippen LogP contribution in [-0.4, -0.2) is 86.4 Å². The maximum atomic E-state index is 12.3. The number of carbonyl (C=O) groups is 1. The quantitative estimate of drug-likeness (QED) is 0.526. The summed E-state index contributed by atoms with van der Waals surface area (Å²) in [6, 6.07) is 3.44. The highest BCUT2D eigenvalue weighted by Gasteiger charge is 2.24. The van der Waals surface area contributed by atoms with Gasteiger partial charge in [-0.3, -0.25) is 4.79 Å². The molecular weight excluding hydrogens is 340 g/mol. The average Bonchev–Trinajstić information content (AvgIpc) is 3.20. The average molecular weight is 367 g/mol. The Bertz CT molecular complexity index is 552. The zero-order valence-electron chi connectivity index (χ0n) is 14.5. The van der Waals surface area contributed by atoms with E-state index in [1.165, 1.54) is 6.26 Å². The second-order valence-electron chi connectivity index (χ2n) is 6.45. The first kappa shape index (κ1) is 18.2. The molecule has 138 valence electrons. The molecule has 2 aliphatic heterocycles. The lowest BCUT2D eigenvalue weighted by Crippen LogP contribution is -3.14. The van der Waals surface area contributed by atoms with E-state index in [4.69, 9.17) is 21.4 Å². The zero-order valence-corrected chi connectivity index (χ0v) is 15.4. The summed E-state index contributed by atoms with van der Waals surface area (Å²) in [6.45, 7) is 8.87. The van der Waals surface area contributed by atoms with Gasteiger partial charge in [-0.15, -0.1) is 0 Å².